The van der Waals surface area contributed by atoms with E-state index in [4.69, 9.17) is 10.5 Å². The molecule has 0 aliphatic heterocycles. The topological polar surface area (TPSA) is 64.3 Å². The Kier molecular flexibility index (Phi) is 5.49. The predicted molar refractivity (Wildman–Crippen MR) is 83.8 cm³/mol. The van der Waals surface area contributed by atoms with Crippen LogP contribution in [0.25, 0.3) is 0 Å². The Hall–Kier alpha value is -2.17. The number of nitrogens with two attached hydrogens (primary N) is 1. The average molecular weight is 284 g/mol. The van der Waals surface area contributed by atoms with E-state index in [1.54, 1.807) is 0 Å². The highest BCUT2D eigenvalue weighted by atomic mass is 16.5. The molecule has 2 aromatic carbocycles. The van der Waals surface area contributed by atoms with Crippen LogP contribution in [-0.2, 0) is 16.1 Å². The SMILES string of the molecule is CC(OCC(=O)Nc1cccc(CN)c1)c1ccccc1. The smallest absolute Gasteiger partial charge is 0.250 e. The van der Waals surface area contributed by atoms with Crippen molar-refractivity contribution in [1.29, 1.82) is 0 Å². The normalized spacial score (nSPS) is 11.9. The fraction of sp³-hybridized carbons (Fsp3) is 0.235. The molecule has 0 fully saturated rings. The second kappa shape index (κ2) is 7.57. The summed E-state index contributed by atoms with van der Waals surface area (Å²) in [4.78, 5) is 11.9. The molecule has 0 radical (unpaired) electrons. The first-order valence-corrected chi connectivity index (χ1v) is 6.94. The van der Waals surface area contributed by atoms with Gasteiger partial charge in [-0.25, -0.2) is 0 Å². The monoisotopic (exact) mass is 284 g/mol. The Morgan fingerprint density at radius 2 is 1.95 bits per heavy atom. The van der Waals surface area contributed by atoms with Gasteiger partial charge >= 0.3 is 0 Å². The van der Waals surface area contributed by atoms with Gasteiger partial charge in [0.05, 0.1) is 6.10 Å². The van der Waals surface area contributed by atoms with E-state index >= 15 is 0 Å². The zero-order chi connectivity index (χ0) is 15.1. The van der Waals surface area contributed by atoms with Gasteiger partial charge in [0.15, 0.2) is 0 Å². The van der Waals surface area contributed by atoms with Crippen LogP contribution in [0.5, 0.6) is 0 Å². The van der Waals surface area contributed by atoms with Crippen LogP contribution in [-0.4, -0.2) is 12.5 Å². The molecular formula is C17H20N2O2. The summed E-state index contributed by atoms with van der Waals surface area (Å²) >= 11 is 0. The van der Waals surface area contributed by atoms with Crippen molar-refractivity contribution >= 4 is 11.6 Å². The number of carbonyl (C=O) groups is 1. The summed E-state index contributed by atoms with van der Waals surface area (Å²) in [5, 5.41) is 2.80. The molecule has 0 aliphatic rings. The fourth-order valence-electron chi connectivity index (χ4n) is 1.99. The first-order chi connectivity index (χ1) is 10.2. The maximum absolute atomic E-state index is 11.9. The van der Waals surface area contributed by atoms with E-state index in [-0.39, 0.29) is 18.6 Å². The van der Waals surface area contributed by atoms with Crippen LogP contribution < -0.4 is 11.1 Å². The second-order valence-electron chi connectivity index (χ2n) is 4.82. The largest absolute Gasteiger partial charge is 0.364 e. The number of nitrogens with one attached hydrogen (secondary N) is 1. The number of ether oxygens (including phenoxy) is 1. The zero-order valence-corrected chi connectivity index (χ0v) is 12.1. The molecule has 0 bridgehead atoms. The number of carbonyl (C=O) groups excluding carboxylic acids is 1. The molecule has 0 spiro atoms. The minimum atomic E-state index is -0.174. The minimum absolute atomic E-state index is 0.0168. The van der Waals surface area contributed by atoms with Gasteiger partial charge in [-0.2, -0.15) is 0 Å². The fourth-order valence-corrected chi connectivity index (χ4v) is 1.99. The lowest BCUT2D eigenvalue weighted by atomic mass is 10.1. The summed E-state index contributed by atoms with van der Waals surface area (Å²) in [6.45, 7) is 2.39. The van der Waals surface area contributed by atoms with Crippen LogP contribution in [0, 0.1) is 0 Å². The van der Waals surface area contributed by atoms with E-state index in [1.807, 2.05) is 61.5 Å². The molecule has 4 nitrogen and oxygen atoms in total. The van der Waals surface area contributed by atoms with Crippen LogP contribution in [0.15, 0.2) is 54.6 Å². The third kappa shape index (κ3) is 4.70. The summed E-state index contributed by atoms with van der Waals surface area (Å²) < 4.78 is 5.58. The van der Waals surface area contributed by atoms with Crippen molar-refractivity contribution < 1.29 is 9.53 Å². The molecule has 0 saturated carbocycles. The average Bonchev–Trinajstić information content (AvgIpc) is 2.53. The van der Waals surface area contributed by atoms with Gasteiger partial charge in [0.25, 0.3) is 0 Å². The molecule has 0 saturated heterocycles. The minimum Gasteiger partial charge on any atom is -0.364 e. The third-order valence-electron chi connectivity index (χ3n) is 3.18. The molecule has 1 atom stereocenters. The van der Waals surface area contributed by atoms with E-state index in [9.17, 15) is 4.79 Å². The molecule has 0 aromatic heterocycles. The molecule has 110 valence electrons. The lowest BCUT2D eigenvalue weighted by molar-refractivity contribution is -0.122. The van der Waals surface area contributed by atoms with Crippen molar-refractivity contribution in [3.05, 3.63) is 65.7 Å². The van der Waals surface area contributed by atoms with Gasteiger partial charge in [0.2, 0.25) is 5.91 Å². The number of anilines is 1. The third-order valence-corrected chi connectivity index (χ3v) is 3.18. The molecule has 1 amide bonds. The summed E-state index contributed by atoms with van der Waals surface area (Å²) in [5.74, 6) is -0.174. The van der Waals surface area contributed by atoms with Crippen LogP contribution in [0.1, 0.15) is 24.2 Å². The Morgan fingerprint density at radius 3 is 2.67 bits per heavy atom. The lowest BCUT2D eigenvalue weighted by Crippen LogP contribution is -2.19. The first-order valence-electron chi connectivity index (χ1n) is 6.94. The van der Waals surface area contributed by atoms with Crippen molar-refractivity contribution in [3.8, 4) is 0 Å². The zero-order valence-electron chi connectivity index (χ0n) is 12.1. The molecule has 2 aromatic rings. The molecule has 3 N–H and O–H groups in total. The highest BCUT2D eigenvalue weighted by Crippen LogP contribution is 2.16. The molecule has 0 heterocycles. The Balaban J connectivity index is 1.84. The Morgan fingerprint density at radius 1 is 1.19 bits per heavy atom. The second-order valence-corrected chi connectivity index (χ2v) is 4.82. The van der Waals surface area contributed by atoms with Crippen molar-refractivity contribution in [2.24, 2.45) is 5.73 Å². The number of amides is 1. The van der Waals surface area contributed by atoms with E-state index in [1.165, 1.54) is 0 Å². The summed E-state index contributed by atoms with van der Waals surface area (Å²) in [6.07, 6.45) is -0.118. The molecular weight excluding hydrogens is 264 g/mol. The number of hydrogen-bond acceptors (Lipinski definition) is 3. The van der Waals surface area contributed by atoms with Crippen molar-refractivity contribution in [2.75, 3.05) is 11.9 Å². The molecule has 4 heteroatoms. The van der Waals surface area contributed by atoms with Crippen molar-refractivity contribution in [3.63, 3.8) is 0 Å². The lowest BCUT2D eigenvalue weighted by Gasteiger charge is -2.13. The highest BCUT2D eigenvalue weighted by molar-refractivity contribution is 5.91. The number of benzene rings is 2. The first kappa shape index (κ1) is 15.2. The maximum Gasteiger partial charge on any atom is 0.250 e. The molecule has 2 rings (SSSR count). The quantitative estimate of drug-likeness (QED) is 0.857. The van der Waals surface area contributed by atoms with Gasteiger partial charge in [-0.15, -0.1) is 0 Å². The van der Waals surface area contributed by atoms with Gasteiger partial charge in [0, 0.05) is 12.2 Å². The molecule has 0 aliphatic carbocycles. The summed E-state index contributed by atoms with van der Waals surface area (Å²) in [6, 6.07) is 17.3. The van der Waals surface area contributed by atoms with E-state index in [0.717, 1.165) is 16.8 Å². The standard InChI is InChI=1S/C17H20N2O2/c1-13(15-7-3-2-4-8-15)21-12-17(20)19-16-9-5-6-14(10-16)11-18/h2-10,13H,11-12,18H2,1H3,(H,19,20). The molecule has 21 heavy (non-hydrogen) atoms. The van der Waals surface area contributed by atoms with Gasteiger partial charge in [-0.3, -0.25) is 4.79 Å². The number of rotatable bonds is 6. The maximum atomic E-state index is 11.9. The van der Waals surface area contributed by atoms with Crippen LogP contribution >= 0.6 is 0 Å². The Bertz CT molecular complexity index is 584. The summed E-state index contributed by atoms with van der Waals surface area (Å²) in [5.41, 5.74) is 8.34. The van der Waals surface area contributed by atoms with Gasteiger partial charge in [0.1, 0.15) is 6.61 Å². The van der Waals surface area contributed by atoms with Crippen LogP contribution in [0.3, 0.4) is 0 Å². The van der Waals surface area contributed by atoms with E-state index < -0.39 is 0 Å². The van der Waals surface area contributed by atoms with Crippen LogP contribution in [0.4, 0.5) is 5.69 Å². The molecule has 1 unspecified atom stereocenters. The highest BCUT2D eigenvalue weighted by Gasteiger charge is 2.09. The van der Waals surface area contributed by atoms with E-state index in [0.29, 0.717) is 6.54 Å². The van der Waals surface area contributed by atoms with Gasteiger partial charge in [-0.1, -0.05) is 42.5 Å². The van der Waals surface area contributed by atoms with Gasteiger partial charge < -0.3 is 15.8 Å². The summed E-state index contributed by atoms with van der Waals surface area (Å²) in [7, 11) is 0. The Labute approximate surface area is 124 Å². The van der Waals surface area contributed by atoms with Crippen molar-refractivity contribution in [2.45, 2.75) is 19.6 Å². The number of hydrogen-bond donors (Lipinski definition) is 2. The van der Waals surface area contributed by atoms with Gasteiger partial charge in [-0.05, 0) is 30.2 Å². The van der Waals surface area contributed by atoms with E-state index in [2.05, 4.69) is 5.32 Å². The predicted octanol–water partition coefficient (Wildman–Crippen LogP) is 2.86. The van der Waals surface area contributed by atoms with Crippen LogP contribution in [0.2, 0.25) is 0 Å². The van der Waals surface area contributed by atoms with Crippen molar-refractivity contribution in [1.82, 2.24) is 0 Å².